The SMILES string of the molecule is CCN(CCO)C(=O)c1cc(-c2cc(C)sc2C)nc2c1cnn2C(C)C. The summed E-state index contributed by atoms with van der Waals surface area (Å²) in [6, 6.07) is 4.12. The highest BCUT2D eigenvalue weighted by Crippen LogP contribution is 2.32. The Kier molecular flexibility index (Phi) is 5.62. The van der Waals surface area contributed by atoms with Gasteiger partial charge in [-0.1, -0.05) is 0 Å². The third-order valence-electron chi connectivity index (χ3n) is 4.64. The molecule has 0 aliphatic rings. The number of aliphatic hydroxyl groups excluding tert-OH is 1. The fourth-order valence-corrected chi connectivity index (χ4v) is 4.22. The summed E-state index contributed by atoms with van der Waals surface area (Å²) in [7, 11) is 0. The average molecular weight is 387 g/mol. The first-order valence-electron chi connectivity index (χ1n) is 9.23. The number of carbonyl (C=O) groups is 1. The van der Waals surface area contributed by atoms with Gasteiger partial charge in [-0.2, -0.15) is 5.10 Å². The van der Waals surface area contributed by atoms with Crippen LogP contribution in [0, 0.1) is 13.8 Å². The number of likely N-dealkylation sites (N-methyl/N-ethyl adjacent to an activating group) is 1. The number of fused-ring (bicyclic) bond motifs is 1. The van der Waals surface area contributed by atoms with Crippen LogP contribution in [0.1, 0.15) is 46.9 Å². The molecule has 0 saturated heterocycles. The van der Waals surface area contributed by atoms with Gasteiger partial charge in [-0.05, 0) is 46.8 Å². The van der Waals surface area contributed by atoms with Crippen LogP contribution >= 0.6 is 11.3 Å². The molecular formula is C20H26N4O2S. The molecule has 0 saturated carbocycles. The van der Waals surface area contributed by atoms with Gasteiger partial charge in [0.25, 0.3) is 5.91 Å². The summed E-state index contributed by atoms with van der Waals surface area (Å²) < 4.78 is 1.85. The fourth-order valence-electron chi connectivity index (χ4n) is 3.29. The van der Waals surface area contributed by atoms with E-state index in [-0.39, 0.29) is 18.6 Å². The Morgan fingerprint density at radius 3 is 2.63 bits per heavy atom. The van der Waals surface area contributed by atoms with Crippen LogP contribution in [0.5, 0.6) is 0 Å². The number of nitrogens with zero attached hydrogens (tertiary/aromatic N) is 4. The van der Waals surface area contributed by atoms with E-state index >= 15 is 0 Å². The first-order chi connectivity index (χ1) is 12.9. The normalized spacial score (nSPS) is 11.5. The minimum atomic E-state index is -0.104. The molecule has 7 heteroatoms. The van der Waals surface area contributed by atoms with E-state index in [0.29, 0.717) is 24.3 Å². The number of thiophene rings is 1. The third kappa shape index (κ3) is 3.61. The summed E-state index contributed by atoms with van der Waals surface area (Å²) in [6.45, 7) is 10.9. The van der Waals surface area contributed by atoms with Gasteiger partial charge in [-0.3, -0.25) is 4.79 Å². The number of amides is 1. The molecule has 3 aromatic rings. The molecule has 1 N–H and O–H groups in total. The van der Waals surface area contributed by atoms with Crippen LogP contribution in [-0.4, -0.2) is 50.4 Å². The van der Waals surface area contributed by atoms with Crippen molar-refractivity contribution in [1.29, 1.82) is 0 Å². The van der Waals surface area contributed by atoms with Crippen molar-refractivity contribution in [3.63, 3.8) is 0 Å². The van der Waals surface area contributed by atoms with E-state index in [9.17, 15) is 9.90 Å². The lowest BCUT2D eigenvalue weighted by Gasteiger charge is -2.20. The zero-order chi connectivity index (χ0) is 19.7. The molecule has 3 aromatic heterocycles. The zero-order valence-corrected chi connectivity index (χ0v) is 17.3. The second-order valence-electron chi connectivity index (χ2n) is 6.91. The van der Waals surface area contributed by atoms with Crippen LogP contribution in [0.4, 0.5) is 0 Å². The smallest absolute Gasteiger partial charge is 0.254 e. The molecule has 6 nitrogen and oxygen atoms in total. The second-order valence-corrected chi connectivity index (χ2v) is 8.37. The fraction of sp³-hybridized carbons (Fsp3) is 0.450. The van der Waals surface area contributed by atoms with Gasteiger partial charge in [0.05, 0.1) is 29.4 Å². The first-order valence-corrected chi connectivity index (χ1v) is 10.0. The van der Waals surface area contributed by atoms with Crippen molar-refractivity contribution in [2.45, 2.75) is 40.7 Å². The molecule has 0 atom stereocenters. The molecule has 0 bridgehead atoms. The van der Waals surface area contributed by atoms with E-state index in [1.165, 1.54) is 9.75 Å². The predicted molar refractivity (Wildman–Crippen MR) is 109 cm³/mol. The molecule has 0 aliphatic carbocycles. The van der Waals surface area contributed by atoms with Gasteiger partial charge in [0.15, 0.2) is 5.65 Å². The van der Waals surface area contributed by atoms with Gasteiger partial charge in [0, 0.05) is 34.4 Å². The summed E-state index contributed by atoms with van der Waals surface area (Å²) in [6.07, 6.45) is 1.72. The Labute approximate surface area is 163 Å². The Bertz CT molecular complexity index is 974. The van der Waals surface area contributed by atoms with Crippen molar-refractivity contribution in [3.05, 3.63) is 33.6 Å². The van der Waals surface area contributed by atoms with E-state index < -0.39 is 0 Å². The Balaban J connectivity index is 2.25. The maximum atomic E-state index is 13.2. The number of carbonyl (C=O) groups excluding carboxylic acids is 1. The number of hydrogen-bond donors (Lipinski definition) is 1. The largest absolute Gasteiger partial charge is 0.395 e. The van der Waals surface area contributed by atoms with Gasteiger partial charge in [-0.25, -0.2) is 9.67 Å². The van der Waals surface area contributed by atoms with Gasteiger partial charge < -0.3 is 10.0 Å². The highest BCUT2D eigenvalue weighted by molar-refractivity contribution is 7.12. The molecule has 3 heterocycles. The molecule has 0 spiro atoms. The predicted octanol–water partition coefficient (Wildman–Crippen LogP) is 3.81. The molecular weight excluding hydrogens is 360 g/mol. The van der Waals surface area contributed by atoms with Crippen LogP contribution in [0.25, 0.3) is 22.3 Å². The Hall–Kier alpha value is -2.25. The zero-order valence-electron chi connectivity index (χ0n) is 16.5. The van der Waals surface area contributed by atoms with Gasteiger partial charge in [-0.15, -0.1) is 11.3 Å². The highest BCUT2D eigenvalue weighted by Gasteiger charge is 2.22. The average Bonchev–Trinajstić information content (AvgIpc) is 3.20. The molecule has 1 amide bonds. The molecule has 0 unspecified atom stereocenters. The van der Waals surface area contributed by atoms with Gasteiger partial charge in [0.1, 0.15) is 0 Å². The van der Waals surface area contributed by atoms with Gasteiger partial charge >= 0.3 is 0 Å². The molecule has 0 radical (unpaired) electrons. The summed E-state index contributed by atoms with van der Waals surface area (Å²) in [5.74, 6) is -0.104. The van der Waals surface area contributed by atoms with Crippen LogP contribution < -0.4 is 0 Å². The third-order valence-corrected chi connectivity index (χ3v) is 5.61. The van der Waals surface area contributed by atoms with Gasteiger partial charge in [0.2, 0.25) is 0 Å². The molecule has 0 aliphatic heterocycles. The van der Waals surface area contributed by atoms with Crippen LogP contribution in [0.15, 0.2) is 18.3 Å². The Morgan fingerprint density at radius 1 is 1.33 bits per heavy atom. The topological polar surface area (TPSA) is 71.2 Å². The summed E-state index contributed by atoms with van der Waals surface area (Å²) in [5, 5.41) is 14.5. The number of aromatic nitrogens is 3. The lowest BCUT2D eigenvalue weighted by Crippen LogP contribution is -2.33. The van der Waals surface area contributed by atoms with Crippen molar-refractivity contribution in [2.24, 2.45) is 0 Å². The summed E-state index contributed by atoms with van der Waals surface area (Å²) in [5.41, 5.74) is 3.14. The molecule has 27 heavy (non-hydrogen) atoms. The van der Waals surface area contributed by atoms with Crippen molar-refractivity contribution < 1.29 is 9.90 Å². The highest BCUT2D eigenvalue weighted by atomic mass is 32.1. The molecule has 0 aromatic carbocycles. The summed E-state index contributed by atoms with van der Waals surface area (Å²) >= 11 is 1.72. The lowest BCUT2D eigenvalue weighted by atomic mass is 10.1. The van der Waals surface area contributed by atoms with E-state index in [0.717, 1.165) is 16.6 Å². The monoisotopic (exact) mass is 386 g/mol. The number of pyridine rings is 1. The number of hydrogen-bond acceptors (Lipinski definition) is 5. The quantitative estimate of drug-likeness (QED) is 0.699. The maximum Gasteiger partial charge on any atom is 0.254 e. The van der Waals surface area contributed by atoms with E-state index in [1.54, 1.807) is 22.4 Å². The maximum absolute atomic E-state index is 13.2. The minimum Gasteiger partial charge on any atom is -0.395 e. The molecule has 0 fully saturated rings. The number of aliphatic hydroxyl groups is 1. The van der Waals surface area contributed by atoms with Crippen molar-refractivity contribution in [1.82, 2.24) is 19.7 Å². The Morgan fingerprint density at radius 2 is 2.07 bits per heavy atom. The standard InChI is InChI=1S/C20H26N4O2S/c1-6-23(7-8-25)20(26)16-10-18(15-9-13(4)27-14(15)5)22-19-17(16)11-21-24(19)12(2)3/h9-12,25H,6-8H2,1-5H3. The first kappa shape index (κ1) is 19.5. The second kappa shape index (κ2) is 7.78. The number of rotatable bonds is 6. The lowest BCUT2D eigenvalue weighted by molar-refractivity contribution is 0.0734. The van der Waals surface area contributed by atoms with E-state index in [2.05, 4.69) is 25.0 Å². The van der Waals surface area contributed by atoms with Crippen LogP contribution in [-0.2, 0) is 0 Å². The molecule has 3 rings (SSSR count). The summed E-state index contributed by atoms with van der Waals surface area (Å²) in [4.78, 5) is 22.1. The number of aryl methyl sites for hydroxylation is 2. The van der Waals surface area contributed by atoms with E-state index in [1.807, 2.05) is 31.5 Å². The van der Waals surface area contributed by atoms with Crippen LogP contribution in [0.3, 0.4) is 0 Å². The van der Waals surface area contributed by atoms with Crippen molar-refractivity contribution >= 4 is 28.3 Å². The van der Waals surface area contributed by atoms with E-state index in [4.69, 9.17) is 4.98 Å². The van der Waals surface area contributed by atoms with Crippen molar-refractivity contribution in [3.8, 4) is 11.3 Å². The van der Waals surface area contributed by atoms with Crippen LogP contribution in [0.2, 0.25) is 0 Å². The van der Waals surface area contributed by atoms with Crippen molar-refractivity contribution in [2.75, 3.05) is 19.7 Å². The molecule has 144 valence electrons. The minimum absolute atomic E-state index is 0.0608.